The average molecular weight is 486 g/mol. The van der Waals surface area contributed by atoms with Crippen molar-refractivity contribution in [3.63, 3.8) is 0 Å². The maximum absolute atomic E-state index is 13.0. The average Bonchev–Trinajstić information content (AvgIpc) is 3.03. The Bertz CT molecular complexity index is 1280. The number of anilines is 2. The first-order valence-electron chi connectivity index (χ1n) is 11.5. The standard InChI is InChI=1S/C26H27N7O3/c1-2-35-16-15-30-23-19(12-8-14-29-23)22(27)36-26(28)33-24-25(34)31-20-13-7-6-11-18(20)21(32-24)17-9-4-3-5-10-17/h3-14,24,27H,2,15-16H2,1H3,(H2,28,33)(H,29,30)(H,31,34). The number of rotatable bonds is 8. The van der Waals surface area contributed by atoms with Gasteiger partial charge in [-0.15, -0.1) is 0 Å². The minimum absolute atomic E-state index is 0.302. The van der Waals surface area contributed by atoms with Gasteiger partial charge in [0.2, 0.25) is 12.1 Å². The second-order valence-electron chi connectivity index (χ2n) is 7.71. The number of amides is 1. The summed E-state index contributed by atoms with van der Waals surface area (Å²) < 4.78 is 10.7. The number of nitrogens with zero attached hydrogens (tertiary/aromatic N) is 2. The molecule has 2 aromatic carbocycles. The van der Waals surface area contributed by atoms with E-state index in [0.29, 0.717) is 42.5 Å². The van der Waals surface area contributed by atoms with Crippen LogP contribution in [0.15, 0.2) is 77.9 Å². The number of carbonyl (C=O) groups excluding carboxylic acids is 1. The van der Waals surface area contributed by atoms with Crippen LogP contribution in [0, 0.1) is 10.8 Å². The lowest BCUT2D eigenvalue weighted by Crippen LogP contribution is -2.43. The Balaban J connectivity index is 1.51. The molecule has 0 saturated carbocycles. The second kappa shape index (κ2) is 11.7. The van der Waals surface area contributed by atoms with Crippen LogP contribution in [0.1, 0.15) is 23.6 Å². The fraction of sp³-hybridized carbons (Fsp3) is 0.192. The van der Waals surface area contributed by atoms with Crippen molar-refractivity contribution in [2.45, 2.75) is 13.1 Å². The first kappa shape index (κ1) is 24.6. The quantitative estimate of drug-likeness (QED) is 0.188. The van der Waals surface area contributed by atoms with E-state index in [-0.39, 0.29) is 5.90 Å². The Morgan fingerprint density at radius 2 is 1.83 bits per heavy atom. The highest BCUT2D eigenvalue weighted by atomic mass is 16.5. The Labute approximate surface area is 208 Å². The molecule has 1 unspecified atom stereocenters. The Kier molecular flexibility index (Phi) is 7.99. The van der Waals surface area contributed by atoms with Gasteiger partial charge in [0.05, 0.1) is 23.6 Å². The first-order chi connectivity index (χ1) is 17.6. The van der Waals surface area contributed by atoms with Crippen LogP contribution < -0.4 is 16.0 Å². The normalized spacial score (nSPS) is 14.5. The molecule has 5 N–H and O–H groups in total. The molecule has 0 saturated heterocycles. The summed E-state index contributed by atoms with van der Waals surface area (Å²) >= 11 is 0. The number of aromatic nitrogens is 1. The van der Waals surface area contributed by atoms with E-state index in [4.69, 9.17) is 20.3 Å². The van der Waals surface area contributed by atoms with E-state index in [9.17, 15) is 4.79 Å². The van der Waals surface area contributed by atoms with Gasteiger partial charge in [0.15, 0.2) is 0 Å². The second-order valence-corrected chi connectivity index (χ2v) is 7.71. The fourth-order valence-corrected chi connectivity index (χ4v) is 3.61. The van der Waals surface area contributed by atoms with Crippen molar-refractivity contribution in [3.05, 3.63) is 89.6 Å². The lowest BCUT2D eigenvalue weighted by atomic mass is 10.0. The molecule has 3 aromatic rings. The molecule has 1 amide bonds. The summed E-state index contributed by atoms with van der Waals surface area (Å²) in [6.45, 7) is 3.50. The molecule has 1 aliphatic heterocycles. The first-order valence-corrected chi connectivity index (χ1v) is 11.5. The van der Waals surface area contributed by atoms with E-state index in [2.05, 4.69) is 25.9 Å². The van der Waals surface area contributed by atoms with Gasteiger partial charge < -0.3 is 25.4 Å². The molecule has 1 atom stereocenters. The van der Waals surface area contributed by atoms with E-state index in [1.807, 2.05) is 55.5 Å². The summed E-state index contributed by atoms with van der Waals surface area (Å²) in [6.07, 6.45) is 0.446. The number of fused-ring (bicyclic) bond motifs is 1. The third kappa shape index (κ3) is 5.91. The highest BCUT2D eigenvalue weighted by molar-refractivity contribution is 6.19. The van der Waals surface area contributed by atoms with Gasteiger partial charge in [0, 0.05) is 30.5 Å². The molecule has 0 bridgehead atoms. The number of aliphatic imine (C=N–C) groups is 1. The van der Waals surface area contributed by atoms with Crippen molar-refractivity contribution >= 4 is 35.0 Å². The van der Waals surface area contributed by atoms with Crippen LogP contribution in [0.3, 0.4) is 0 Å². The number of pyridine rings is 1. The third-order valence-electron chi connectivity index (χ3n) is 5.26. The molecule has 36 heavy (non-hydrogen) atoms. The van der Waals surface area contributed by atoms with E-state index < -0.39 is 18.1 Å². The fourth-order valence-electron chi connectivity index (χ4n) is 3.61. The van der Waals surface area contributed by atoms with Gasteiger partial charge in [-0.05, 0) is 25.1 Å². The van der Waals surface area contributed by atoms with Crippen LogP contribution in [0.2, 0.25) is 0 Å². The molecule has 10 heteroatoms. The van der Waals surface area contributed by atoms with Gasteiger partial charge >= 0.3 is 0 Å². The number of benzene rings is 2. The minimum Gasteiger partial charge on any atom is -0.407 e. The van der Waals surface area contributed by atoms with E-state index >= 15 is 0 Å². The molecule has 184 valence electrons. The van der Waals surface area contributed by atoms with Gasteiger partial charge in [-0.1, -0.05) is 48.5 Å². The molecule has 0 radical (unpaired) electrons. The van der Waals surface area contributed by atoms with Gasteiger partial charge in [0.1, 0.15) is 5.82 Å². The van der Waals surface area contributed by atoms with Crippen LogP contribution in [-0.4, -0.2) is 54.4 Å². The lowest BCUT2D eigenvalue weighted by Gasteiger charge is -2.16. The summed E-state index contributed by atoms with van der Waals surface area (Å²) in [5.41, 5.74) is 3.17. The van der Waals surface area contributed by atoms with Crippen molar-refractivity contribution in [1.29, 1.82) is 10.8 Å². The summed E-state index contributed by atoms with van der Waals surface area (Å²) in [7, 11) is 0. The zero-order valence-electron chi connectivity index (χ0n) is 19.7. The number of amidine groups is 1. The molecule has 0 fully saturated rings. The third-order valence-corrected chi connectivity index (χ3v) is 5.26. The Morgan fingerprint density at radius 3 is 2.64 bits per heavy atom. The van der Waals surface area contributed by atoms with Crippen molar-refractivity contribution in [3.8, 4) is 0 Å². The van der Waals surface area contributed by atoms with Gasteiger partial charge in [0.25, 0.3) is 11.9 Å². The van der Waals surface area contributed by atoms with Crippen LogP contribution in [-0.2, 0) is 14.3 Å². The molecule has 1 aliphatic rings. The predicted octanol–water partition coefficient (Wildman–Crippen LogP) is 3.21. The summed E-state index contributed by atoms with van der Waals surface area (Å²) in [5, 5.41) is 25.3. The molecule has 2 heterocycles. The smallest absolute Gasteiger partial charge is 0.290 e. The van der Waals surface area contributed by atoms with E-state index in [1.165, 1.54) is 0 Å². The number of hydrogen-bond donors (Lipinski definition) is 5. The number of hydrogen-bond acceptors (Lipinski definition) is 8. The summed E-state index contributed by atoms with van der Waals surface area (Å²) in [4.78, 5) is 21.8. The Hall–Kier alpha value is -4.57. The summed E-state index contributed by atoms with van der Waals surface area (Å²) in [6, 6.07) is 19.7. The van der Waals surface area contributed by atoms with Crippen LogP contribution in [0.5, 0.6) is 0 Å². The molecule has 0 aliphatic carbocycles. The topological polar surface area (TPSA) is 145 Å². The van der Waals surface area contributed by atoms with Crippen LogP contribution in [0.25, 0.3) is 0 Å². The summed E-state index contributed by atoms with van der Waals surface area (Å²) in [5.74, 6) is -0.320. The van der Waals surface area contributed by atoms with E-state index in [0.717, 1.165) is 11.1 Å². The highest BCUT2D eigenvalue weighted by Crippen LogP contribution is 2.23. The van der Waals surface area contributed by atoms with Gasteiger partial charge in [-0.3, -0.25) is 15.6 Å². The molecular weight excluding hydrogens is 458 g/mol. The van der Waals surface area contributed by atoms with Crippen molar-refractivity contribution in [2.24, 2.45) is 4.99 Å². The SMILES string of the molecule is CCOCCNc1ncccc1C(=N)OC(=N)NC1N=C(c2ccccc2)c2ccccc2NC1=O. The zero-order valence-corrected chi connectivity index (χ0v) is 19.7. The zero-order chi connectivity index (χ0) is 25.3. The number of ether oxygens (including phenoxy) is 2. The maximum atomic E-state index is 13.0. The van der Waals surface area contributed by atoms with Gasteiger partial charge in [-0.2, -0.15) is 0 Å². The lowest BCUT2D eigenvalue weighted by molar-refractivity contribution is -0.117. The van der Waals surface area contributed by atoms with Crippen molar-refractivity contribution < 1.29 is 14.3 Å². The molecular formula is C26H27N7O3. The van der Waals surface area contributed by atoms with Crippen LogP contribution >= 0.6 is 0 Å². The largest absolute Gasteiger partial charge is 0.407 e. The number of nitrogens with one attached hydrogen (secondary N) is 5. The number of para-hydroxylation sites is 1. The monoisotopic (exact) mass is 485 g/mol. The van der Waals surface area contributed by atoms with E-state index in [1.54, 1.807) is 24.4 Å². The molecule has 10 nitrogen and oxygen atoms in total. The van der Waals surface area contributed by atoms with Crippen LogP contribution in [0.4, 0.5) is 11.5 Å². The highest BCUT2D eigenvalue weighted by Gasteiger charge is 2.27. The maximum Gasteiger partial charge on any atom is 0.290 e. The van der Waals surface area contributed by atoms with Crippen molar-refractivity contribution in [2.75, 3.05) is 30.4 Å². The number of carbonyl (C=O) groups is 1. The predicted molar refractivity (Wildman–Crippen MR) is 139 cm³/mol. The minimum atomic E-state index is -1.15. The molecule has 0 spiro atoms. The molecule has 1 aromatic heterocycles. The Morgan fingerprint density at radius 1 is 1.06 bits per heavy atom. The molecule has 4 rings (SSSR count). The van der Waals surface area contributed by atoms with Gasteiger partial charge in [-0.25, -0.2) is 9.98 Å². The van der Waals surface area contributed by atoms with Crippen molar-refractivity contribution in [1.82, 2.24) is 10.3 Å². The number of benzodiazepines with no additional fused rings is 1.